The summed E-state index contributed by atoms with van der Waals surface area (Å²) in [5.41, 5.74) is 0.242. The van der Waals surface area contributed by atoms with E-state index in [9.17, 15) is 13.6 Å². The Bertz CT molecular complexity index is 445. The second-order valence-electron chi connectivity index (χ2n) is 4.76. The predicted molar refractivity (Wildman–Crippen MR) is 68.5 cm³/mol. The molecule has 1 aromatic rings. The lowest BCUT2D eigenvalue weighted by atomic mass is 10.1. The lowest BCUT2D eigenvalue weighted by Crippen LogP contribution is -2.41. The first-order valence-corrected chi connectivity index (χ1v) is 6.60. The maximum atomic E-state index is 13.4. The van der Waals surface area contributed by atoms with Crippen LogP contribution in [0.5, 0.6) is 0 Å². The molecular formula is C14H18F2N2O. The second kappa shape index (κ2) is 6.61. The van der Waals surface area contributed by atoms with E-state index in [4.69, 9.17) is 0 Å². The van der Waals surface area contributed by atoms with Crippen LogP contribution >= 0.6 is 0 Å². The highest BCUT2D eigenvalue weighted by molar-refractivity contribution is 5.78. The van der Waals surface area contributed by atoms with E-state index in [0.717, 1.165) is 32.0 Å². The molecule has 0 spiro atoms. The number of halogens is 2. The van der Waals surface area contributed by atoms with Crippen LogP contribution in [0.1, 0.15) is 24.8 Å². The van der Waals surface area contributed by atoms with Crippen LogP contribution in [0.4, 0.5) is 8.78 Å². The fourth-order valence-corrected chi connectivity index (χ4v) is 2.24. The average Bonchev–Trinajstić information content (AvgIpc) is 2.44. The summed E-state index contributed by atoms with van der Waals surface area (Å²) in [7, 11) is 0. The van der Waals surface area contributed by atoms with Gasteiger partial charge in [0.2, 0.25) is 5.91 Å². The molecule has 1 aliphatic rings. The molecule has 1 N–H and O–H groups in total. The number of benzene rings is 1. The Morgan fingerprint density at radius 2 is 1.95 bits per heavy atom. The predicted octanol–water partition coefficient (Wildman–Crippen LogP) is 2.07. The van der Waals surface area contributed by atoms with E-state index < -0.39 is 11.6 Å². The molecule has 19 heavy (non-hydrogen) atoms. The van der Waals surface area contributed by atoms with Crippen LogP contribution in [0.2, 0.25) is 0 Å². The summed E-state index contributed by atoms with van der Waals surface area (Å²) in [5.74, 6) is -1.68. The zero-order valence-corrected chi connectivity index (χ0v) is 10.8. The van der Waals surface area contributed by atoms with Crippen molar-refractivity contribution in [2.45, 2.75) is 25.8 Å². The molecule has 0 saturated carbocycles. The van der Waals surface area contributed by atoms with Crippen LogP contribution < -0.4 is 5.32 Å². The quantitative estimate of drug-likeness (QED) is 0.906. The largest absolute Gasteiger partial charge is 0.342 e. The SMILES string of the molecule is O=C(CNCc1cccc(F)c1F)N1CCCCC1. The normalized spacial score (nSPS) is 15.6. The van der Waals surface area contributed by atoms with Crippen molar-refractivity contribution in [2.24, 2.45) is 0 Å². The third-order valence-corrected chi connectivity index (χ3v) is 3.33. The van der Waals surface area contributed by atoms with Gasteiger partial charge in [-0.05, 0) is 25.3 Å². The van der Waals surface area contributed by atoms with Crippen LogP contribution in [0, 0.1) is 11.6 Å². The Balaban J connectivity index is 1.79. The first-order chi connectivity index (χ1) is 9.18. The second-order valence-corrected chi connectivity index (χ2v) is 4.76. The molecule has 0 atom stereocenters. The molecule has 0 radical (unpaired) electrons. The standard InChI is InChI=1S/C14H18F2N2O/c15-12-6-4-5-11(14(12)16)9-17-10-13(19)18-7-2-1-3-8-18/h4-6,17H,1-3,7-10H2. The maximum absolute atomic E-state index is 13.4. The van der Waals surface area contributed by atoms with Gasteiger partial charge in [0.15, 0.2) is 11.6 Å². The van der Waals surface area contributed by atoms with Crippen molar-refractivity contribution in [2.75, 3.05) is 19.6 Å². The number of carbonyl (C=O) groups is 1. The van der Waals surface area contributed by atoms with E-state index in [0.29, 0.717) is 0 Å². The van der Waals surface area contributed by atoms with E-state index in [1.165, 1.54) is 18.6 Å². The van der Waals surface area contributed by atoms with Gasteiger partial charge in [-0.15, -0.1) is 0 Å². The number of hydrogen-bond acceptors (Lipinski definition) is 2. The Morgan fingerprint density at radius 3 is 2.68 bits per heavy atom. The molecule has 0 aromatic heterocycles. The van der Waals surface area contributed by atoms with Gasteiger partial charge >= 0.3 is 0 Å². The molecule has 1 amide bonds. The third-order valence-electron chi connectivity index (χ3n) is 3.33. The number of nitrogens with zero attached hydrogens (tertiary/aromatic N) is 1. The van der Waals surface area contributed by atoms with E-state index >= 15 is 0 Å². The zero-order valence-electron chi connectivity index (χ0n) is 10.8. The van der Waals surface area contributed by atoms with Crippen LogP contribution in [0.25, 0.3) is 0 Å². The van der Waals surface area contributed by atoms with Gasteiger partial charge in [-0.3, -0.25) is 4.79 Å². The van der Waals surface area contributed by atoms with Gasteiger partial charge in [0.25, 0.3) is 0 Å². The summed E-state index contributed by atoms with van der Waals surface area (Å²) >= 11 is 0. The molecule has 1 fully saturated rings. The maximum Gasteiger partial charge on any atom is 0.236 e. The Hall–Kier alpha value is -1.49. The molecular weight excluding hydrogens is 250 g/mol. The summed E-state index contributed by atoms with van der Waals surface area (Å²) in [5, 5.41) is 2.87. The van der Waals surface area contributed by atoms with Gasteiger partial charge in [-0.1, -0.05) is 12.1 Å². The summed E-state index contributed by atoms with van der Waals surface area (Å²) in [6.45, 7) is 1.92. The average molecular weight is 268 g/mol. The molecule has 104 valence electrons. The molecule has 2 rings (SSSR count). The van der Waals surface area contributed by atoms with Crippen molar-refractivity contribution in [3.63, 3.8) is 0 Å². The number of hydrogen-bond donors (Lipinski definition) is 1. The Labute approximate surface area is 111 Å². The van der Waals surface area contributed by atoms with Crippen molar-refractivity contribution in [3.05, 3.63) is 35.4 Å². The molecule has 1 aromatic carbocycles. The van der Waals surface area contributed by atoms with Gasteiger partial charge in [0.1, 0.15) is 0 Å². The third kappa shape index (κ3) is 3.73. The molecule has 0 unspecified atom stereocenters. The molecule has 1 aliphatic heterocycles. The number of amides is 1. The first kappa shape index (κ1) is 13.9. The topological polar surface area (TPSA) is 32.3 Å². The highest BCUT2D eigenvalue weighted by Crippen LogP contribution is 2.11. The number of carbonyl (C=O) groups excluding carboxylic acids is 1. The van der Waals surface area contributed by atoms with E-state index in [2.05, 4.69) is 5.32 Å². The van der Waals surface area contributed by atoms with Gasteiger partial charge in [-0.25, -0.2) is 8.78 Å². The Kier molecular flexibility index (Phi) is 4.85. The molecule has 0 aliphatic carbocycles. The van der Waals surface area contributed by atoms with Crippen molar-refractivity contribution in [1.82, 2.24) is 10.2 Å². The van der Waals surface area contributed by atoms with E-state index in [1.54, 1.807) is 0 Å². The van der Waals surface area contributed by atoms with Crippen molar-refractivity contribution in [3.8, 4) is 0 Å². The van der Waals surface area contributed by atoms with Crippen LogP contribution in [-0.2, 0) is 11.3 Å². The van der Waals surface area contributed by atoms with Crippen LogP contribution in [0.15, 0.2) is 18.2 Å². The monoisotopic (exact) mass is 268 g/mol. The van der Waals surface area contributed by atoms with Gasteiger partial charge in [0.05, 0.1) is 6.54 Å². The van der Waals surface area contributed by atoms with Crippen molar-refractivity contribution < 1.29 is 13.6 Å². The molecule has 5 heteroatoms. The van der Waals surface area contributed by atoms with Gasteiger partial charge < -0.3 is 10.2 Å². The van der Waals surface area contributed by atoms with Crippen LogP contribution in [-0.4, -0.2) is 30.4 Å². The highest BCUT2D eigenvalue weighted by atomic mass is 19.2. The summed E-state index contributed by atoms with van der Waals surface area (Å²) in [4.78, 5) is 13.7. The molecule has 3 nitrogen and oxygen atoms in total. The number of piperidine rings is 1. The smallest absolute Gasteiger partial charge is 0.236 e. The fraction of sp³-hybridized carbons (Fsp3) is 0.500. The fourth-order valence-electron chi connectivity index (χ4n) is 2.24. The minimum Gasteiger partial charge on any atom is -0.342 e. The van der Waals surface area contributed by atoms with Crippen molar-refractivity contribution in [1.29, 1.82) is 0 Å². The number of nitrogens with one attached hydrogen (secondary N) is 1. The lowest BCUT2D eigenvalue weighted by molar-refractivity contribution is -0.131. The van der Waals surface area contributed by atoms with E-state index in [-0.39, 0.29) is 24.6 Å². The van der Waals surface area contributed by atoms with Crippen molar-refractivity contribution >= 4 is 5.91 Å². The summed E-state index contributed by atoms with van der Waals surface area (Å²) in [6.07, 6.45) is 3.26. The number of likely N-dealkylation sites (tertiary alicyclic amines) is 1. The summed E-state index contributed by atoms with van der Waals surface area (Å²) in [6, 6.07) is 4.05. The molecule has 1 heterocycles. The Morgan fingerprint density at radius 1 is 1.21 bits per heavy atom. The lowest BCUT2D eigenvalue weighted by Gasteiger charge is -2.26. The molecule has 0 bridgehead atoms. The number of rotatable bonds is 4. The van der Waals surface area contributed by atoms with E-state index in [1.807, 2.05) is 4.90 Å². The minimum absolute atomic E-state index is 0.0245. The highest BCUT2D eigenvalue weighted by Gasteiger charge is 2.16. The minimum atomic E-state index is -0.860. The van der Waals surface area contributed by atoms with Crippen LogP contribution in [0.3, 0.4) is 0 Å². The summed E-state index contributed by atoms with van der Waals surface area (Å²) < 4.78 is 26.3. The first-order valence-electron chi connectivity index (χ1n) is 6.60. The molecule has 1 saturated heterocycles. The zero-order chi connectivity index (χ0) is 13.7. The van der Waals surface area contributed by atoms with Gasteiger partial charge in [-0.2, -0.15) is 0 Å². The van der Waals surface area contributed by atoms with Gasteiger partial charge in [0, 0.05) is 25.2 Å².